The molecule has 0 amide bonds. The van der Waals surface area contributed by atoms with E-state index in [4.69, 9.17) is 22.1 Å². The minimum absolute atomic E-state index is 0.0926. The fraction of sp³-hybridized carbons (Fsp3) is 0.333. The molecule has 0 aliphatic rings. The van der Waals surface area contributed by atoms with Crippen molar-refractivity contribution in [2.45, 2.75) is 13.0 Å². The number of rotatable bonds is 2. The van der Waals surface area contributed by atoms with E-state index in [0.717, 1.165) is 10.0 Å². The maximum absolute atomic E-state index is 5.97. The number of benzene rings is 1. The van der Waals surface area contributed by atoms with Crippen LogP contribution in [0, 0.1) is 0 Å². The van der Waals surface area contributed by atoms with Gasteiger partial charge in [-0.15, -0.1) is 0 Å². The normalized spacial score (nSPS) is 12.7. The average Bonchev–Trinajstić information content (AvgIpc) is 2.02. The number of hydrogen-bond donors (Lipinski definition) is 1. The molecule has 72 valence electrons. The molecule has 0 fully saturated rings. The van der Waals surface area contributed by atoms with Gasteiger partial charge in [-0.25, -0.2) is 0 Å². The predicted molar refractivity (Wildman–Crippen MR) is 58.3 cm³/mol. The van der Waals surface area contributed by atoms with Gasteiger partial charge in [-0.2, -0.15) is 0 Å². The van der Waals surface area contributed by atoms with E-state index >= 15 is 0 Å². The lowest BCUT2D eigenvalue weighted by atomic mass is 10.1. The smallest absolute Gasteiger partial charge is 0.142 e. The number of ether oxygens (including phenoxy) is 1. The molecule has 0 saturated carbocycles. The fourth-order valence-electron chi connectivity index (χ4n) is 1.13. The van der Waals surface area contributed by atoms with Gasteiger partial charge in [-0.05, 0) is 19.1 Å². The highest BCUT2D eigenvalue weighted by Gasteiger charge is 2.12. The van der Waals surface area contributed by atoms with Gasteiger partial charge in [0.1, 0.15) is 5.75 Å². The summed E-state index contributed by atoms with van der Waals surface area (Å²) in [7, 11) is 1.58. The standard InChI is InChI=1S/C9H11BrClNO/c1-5(12)7-3-6(10)4-8(11)9(7)13-2/h3-5H,12H2,1-2H3. The number of hydrogen-bond acceptors (Lipinski definition) is 2. The molecule has 1 aromatic rings. The van der Waals surface area contributed by atoms with Crippen molar-refractivity contribution >= 4 is 27.5 Å². The third kappa shape index (κ3) is 2.36. The Balaban J connectivity index is 3.29. The monoisotopic (exact) mass is 263 g/mol. The van der Waals surface area contributed by atoms with E-state index < -0.39 is 0 Å². The minimum atomic E-state index is -0.0926. The van der Waals surface area contributed by atoms with Crippen LogP contribution in [0.4, 0.5) is 0 Å². The van der Waals surface area contributed by atoms with E-state index in [-0.39, 0.29) is 6.04 Å². The van der Waals surface area contributed by atoms with Crippen LogP contribution in [0.2, 0.25) is 5.02 Å². The zero-order chi connectivity index (χ0) is 10.0. The Labute approximate surface area is 91.2 Å². The average molecular weight is 265 g/mol. The summed E-state index contributed by atoms with van der Waals surface area (Å²) in [6.07, 6.45) is 0. The molecule has 0 radical (unpaired) electrons. The van der Waals surface area contributed by atoms with Crippen LogP contribution in [0.5, 0.6) is 5.75 Å². The Bertz CT molecular complexity index is 315. The maximum atomic E-state index is 5.97. The van der Waals surface area contributed by atoms with E-state index in [1.807, 2.05) is 13.0 Å². The van der Waals surface area contributed by atoms with Crippen LogP contribution in [0.3, 0.4) is 0 Å². The van der Waals surface area contributed by atoms with Gasteiger partial charge in [0, 0.05) is 16.1 Å². The molecule has 0 bridgehead atoms. The molecule has 0 aromatic heterocycles. The molecule has 0 aliphatic heterocycles. The first kappa shape index (κ1) is 10.8. The Kier molecular flexibility index (Phi) is 3.59. The molecular formula is C9H11BrClNO. The van der Waals surface area contributed by atoms with Gasteiger partial charge < -0.3 is 10.5 Å². The highest BCUT2D eigenvalue weighted by molar-refractivity contribution is 9.10. The summed E-state index contributed by atoms with van der Waals surface area (Å²) < 4.78 is 6.07. The zero-order valence-electron chi connectivity index (χ0n) is 7.47. The third-order valence-electron chi connectivity index (χ3n) is 1.73. The minimum Gasteiger partial charge on any atom is -0.495 e. The molecule has 2 nitrogen and oxygen atoms in total. The van der Waals surface area contributed by atoms with Gasteiger partial charge in [-0.1, -0.05) is 27.5 Å². The Hall–Kier alpha value is -0.250. The Morgan fingerprint density at radius 2 is 2.15 bits per heavy atom. The van der Waals surface area contributed by atoms with Gasteiger partial charge in [0.25, 0.3) is 0 Å². The molecule has 1 rings (SSSR count). The summed E-state index contributed by atoms with van der Waals surface area (Å²) >= 11 is 9.32. The summed E-state index contributed by atoms with van der Waals surface area (Å²) in [5.41, 5.74) is 6.67. The van der Waals surface area contributed by atoms with Crippen LogP contribution < -0.4 is 10.5 Å². The first-order valence-electron chi connectivity index (χ1n) is 3.84. The summed E-state index contributed by atoms with van der Waals surface area (Å²) in [4.78, 5) is 0. The fourth-order valence-corrected chi connectivity index (χ4v) is 2.04. The van der Waals surface area contributed by atoms with Crippen LogP contribution in [0.15, 0.2) is 16.6 Å². The molecule has 1 unspecified atom stereocenters. The van der Waals surface area contributed by atoms with Crippen molar-refractivity contribution in [2.75, 3.05) is 7.11 Å². The van der Waals surface area contributed by atoms with Crippen molar-refractivity contribution in [1.82, 2.24) is 0 Å². The molecule has 0 spiro atoms. The van der Waals surface area contributed by atoms with Crippen molar-refractivity contribution in [1.29, 1.82) is 0 Å². The molecule has 13 heavy (non-hydrogen) atoms. The van der Waals surface area contributed by atoms with Crippen LogP contribution in [0.1, 0.15) is 18.5 Å². The van der Waals surface area contributed by atoms with Gasteiger partial charge in [0.15, 0.2) is 0 Å². The molecule has 0 heterocycles. The van der Waals surface area contributed by atoms with Crippen molar-refractivity contribution in [3.63, 3.8) is 0 Å². The molecule has 4 heteroatoms. The second-order valence-corrected chi connectivity index (χ2v) is 4.12. The van der Waals surface area contributed by atoms with Crippen molar-refractivity contribution < 1.29 is 4.74 Å². The van der Waals surface area contributed by atoms with Crippen LogP contribution in [-0.4, -0.2) is 7.11 Å². The molecule has 2 N–H and O–H groups in total. The summed E-state index contributed by atoms with van der Waals surface area (Å²) in [6.45, 7) is 1.89. The summed E-state index contributed by atoms with van der Waals surface area (Å²) in [5.74, 6) is 0.653. The predicted octanol–water partition coefficient (Wildman–Crippen LogP) is 3.13. The lowest BCUT2D eigenvalue weighted by Crippen LogP contribution is -2.07. The van der Waals surface area contributed by atoms with E-state index in [1.165, 1.54) is 0 Å². The molecule has 0 aliphatic carbocycles. The lowest BCUT2D eigenvalue weighted by molar-refractivity contribution is 0.407. The number of methoxy groups -OCH3 is 1. The largest absolute Gasteiger partial charge is 0.495 e. The van der Waals surface area contributed by atoms with Gasteiger partial charge in [0.2, 0.25) is 0 Å². The summed E-state index contributed by atoms with van der Waals surface area (Å²) in [6, 6.07) is 3.60. The maximum Gasteiger partial charge on any atom is 0.142 e. The van der Waals surface area contributed by atoms with Crippen molar-refractivity contribution in [3.05, 3.63) is 27.2 Å². The topological polar surface area (TPSA) is 35.2 Å². The lowest BCUT2D eigenvalue weighted by Gasteiger charge is -2.13. The van der Waals surface area contributed by atoms with E-state index in [1.54, 1.807) is 13.2 Å². The van der Waals surface area contributed by atoms with E-state index in [0.29, 0.717) is 10.8 Å². The van der Waals surface area contributed by atoms with E-state index in [2.05, 4.69) is 15.9 Å². The Morgan fingerprint density at radius 3 is 2.62 bits per heavy atom. The van der Waals surface area contributed by atoms with E-state index in [9.17, 15) is 0 Å². The zero-order valence-corrected chi connectivity index (χ0v) is 9.82. The number of nitrogens with two attached hydrogens (primary N) is 1. The SMILES string of the molecule is COc1c(Cl)cc(Br)cc1C(C)N. The highest BCUT2D eigenvalue weighted by atomic mass is 79.9. The van der Waals surface area contributed by atoms with Crippen LogP contribution in [0.25, 0.3) is 0 Å². The number of halogens is 2. The second-order valence-electron chi connectivity index (χ2n) is 2.80. The van der Waals surface area contributed by atoms with Gasteiger partial charge in [0.05, 0.1) is 12.1 Å². The third-order valence-corrected chi connectivity index (χ3v) is 2.47. The second kappa shape index (κ2) is 4.31. The quantitative estimate of drug-likeness (QED) is 0.891. The van der Waals surface area contributed by atoms with Crippen molar-refractivity contribution in [3.8, 4) is 5.75 Å². The molecule has 0 saturated heterocycles. The first-order valence-corrected chi connectivity index (χ1v) is 5.02. The summed E-state index contributed by atoms with van der Waals surface area (Å²) in [5, 5.41) is 0.573. The highest BCUT2D eigenvalue weighted by Crippen LogP contribution is 2.34. The van der Waals surface area contributed by atoms with Crippen LogP contribution in [-0.2, 0) is 0 Å². The molecule has 1 atom stereocenters. The first-order chi connectivity index (χ1) is 6.06. The Morgan fingerprint density at radius 1 is 1.54 bits per heavy atom. The van der Waals surface area contributed by atoms with Gasteiger partial charge >= 0.3 is 0 Å². The molecular weight excluding hydrogens is 253 g/mol. The van der Waals surface area contributed by atoms with Crippen molar-refractivity contribution in [2.24, 2.45) is 5.73 Å². The van der Waals surface area contributed by atoms with Crippen LogP contribution >= 0.6 is 27.5 Å². The van der Waals surface area contributed by atoms with Gasteiger partial charge in [-0.3, -0.25) is 0 Å². The molecule has 1 aromatic carbocycles.